The molecule has 0 aliphatic carbocycles. The second-order valence-corrected chi connectivity index (χ2v) is 17.9. The predicted octanol–water partition coefficient (Wildman–Crippen LogP) is 2.53. The topological polar surface area (TPSA) is 176 Å². The van der Waals surface area contributed by atoms with Crippen LogP contribution in [0.25, 0.3) is 0 Å². The Morgan fingerprint density at radius 3 is 2.33 bits per heavy atom. The zero-order valence-electron chi connectivity index (χ0n) is 32.2. The van der Waals surface area contributed by atoms with Gasteiger partial charge in [-0.1, -0.05) is 20.1 Å². The van der Waals surface area contributed by atoms with Gasteiger partial charge in [-0.05, 0) is 62.0 Å². The number of hydrogen-bond donors (Lipinski definition) is 3. The first-order valence-electron chi connectivity index (χ1n) is 20.9. The lowest BCUT2D eigenvalue weighted by molar-refractivity contribution is -0.279. The molecule has 9 fully saturated rings. The van der Waals surface area contributed by atoms with Crippen molar-refractivity contribution in [2.75, 3.05) is 13.7 Å². The Hall–Kier alpha value is -1.53. The lowest BCUT2D eigenvalue weighted by atomic mass is 9.81. The summed E-state index contributed by atoms with van der Waals surface area (Å²) in [5, 5.41) is 20.6. The van der Waals surface area contributed by atoms with Gasteiger partial charge in [0.1, 0.15) is 30.5 Å². The number of methoxy groups -OCH3 is 1. The third-order valence-electron chi connectivity index (χ3n) is 14.2. The van der Waals surface area contributed by atoms with Gasteiger partial charge in [0, 0.05) is 39.2 Å². The standard InChI is InChI=1S/C41H61NO13/c1-19-11-22-5-7-26-20(2)12-24(47-26)9-10-41-17-33(46-4)38(55-41)30-16-32(54-41)37-27(50-30)8-6-23(49-37)13-35(45)53-40-31(15-28(48-22)21(19)3)51-29-14-25(44)34(18-43)52-39(29)36(40)42/h19,22-34,36-40,43-44H,2-3,5-18,42H2,1,4H3/t19-,22+,23?,24?,25-,26?,27?,28-,29+,30-,31+,32?,33?,34-,36+,37+,38?,39-,40?,41?/m1/s1. The van der Waals surface area contributed by atoms with Gasteiger partial charge in [-0.15, -0.1) is 0 Å². The first kappa shape index (κ1) is 39.0. The number of rotatable bonds is 2. The van der Waals surface area contributed by atoms with E-state index in [9.17, 15) is 15.0 Å². The van der Waals surface area contributed by atoms with Crippen molar-refractivity contribution in [3.63, 3.8) is 0 Å². The quantitative estimate of drug-likeness (QED) is 0.276. The van der Waals surface area contributed by atoms with Gasteiger partial charge in [-0.25, -0.2) is 0 Å². The van der Waals surface area contributed by atoms with Gasteiger partial charge in [0.05, 0.1) is 92.3 Å². The van der Waals surface area contributed by atoms with Crippen molar-refractivity contribution in [3.8, 4) is 0 Å². The molecule has 9 heterocycles. The molecule has 9 aliphatic heterocycles. The Labute approximate surface area is 323 Å². The average molecular weight is 776 g/mol. The summed E-state index contributed by atoms with van der Waals surface area (Å²) in [7, 11) is 1.73. The molecule has 14 nitrogen and oxygen atoms in total. The van der Waals surface area contributed by atoms with Crippen molar-refractivity contribution in [1.29, 1.82) is 0 Å². The van der Waals surface area contributed by atoms with E-state index in [1.54, 1.807) is 7.11 Å². The largest absolute Gasteiger partial charge is 0.458 e. The van der Waals surface area contributed by atoms with Crippen LogP contribution in [0.15, 0.2) is 24.3 Å². The zero-order chi connectivity index (χ0) is 38.2. The molecule has 0 aromatic carbocycles. The lowest BCUT2D eigenvalue weighted by Gasteiger charge is -2.50. The summed E-state index contributed by atoms with van der Waals surface area (Å²) in [6.07, 6.45) is 0.982. The molecular weight excluding hydrogens is 714 g/mol. The van der Waals surface area contributed by atoms with Gasteiger partial charge in [-0.2, -0.15) is 0 Å². The smallest absolute Gasteiger partial charge is 0.308 e. The number of hydrogen-bond acceptors (Lipinski definition) is 14. The van der Waals surface area contributed by atoms with E-state index in [-0.39, 0.29) is 86.4 Å². The SMILES string of the molecule is C=C1CC2CCC34CC(OC)C(O3)[C@H]3CC(O4)[C@H]4OC(CCC4O3)CC(=O)OC3[C@H](C[C@H]4O[C@@H](CCC1O2)C[C@@H](C)C4=C)O[C@H]1C[C@@H](O)[C@@H](CO)O[C@H]1[C@@H]3N. The molecule has 0 aromatic rings. The monoisotopic (exact) mass is 775 g/mol. The van der Waals surface area contributed by atoms with E-state index < -0.39 is 60.5 Å². The Bertz CT molecular complexity index is 1450. The van der Waals surface area contributed by atoms with E-state index in [4.69, 9.17) is 53.1 Å². The zero-order valence-corrected chi connectivity index (χ0v) is 32.2. The number of nitrogens with two attached hydrogens (primary N) is 1. The third kappa shape index (κ3) is 7.50. The molecule has 4 N–H and O–H groups in total. The van der Waals surface area contributed by atoms with E-state index in [0.29, 0.717) is 38.5 Å². The number of carbonyl (C=O) groups excluding carboxylic acids is 1. The molecule has 0 saturated carbocycles. The van der Waals surface area contributed by atoms with Crippen molar-refractivity contribution >= 4 is 5.97 Å². The van der Waals surface area contributed by atoms with Gasteiger partial charge in [0.2, 0.25) is 0 Å². The number of esters is 1. The van der Waals surface area contributed by atoms with E-state index in [2.05, 4.69) is 20.1 Å². The van der Waals surface area contributed by atoms with Gasteiger partial charge in [0.15, 0.2) is 5.79 Å². The molecule has 0 aromatic heterocycles. The number of carbonyl (C=O) groups is 1. The highest BCUT2D eigenvalue weighted by atomic mass is 16.7. The molecule has 10 bridgehead atoms. The van der Waals surface area contributed by atoms with Crippen molar-refractivity contribution in [2.45, 2.75) is 206 Å². The summed E-state index contributed by atoms with van der Waals surface area (Å²) < 4.78 is 65.6. The summed E-state index contributed by atoms with van der Waals surface area (Å²) in [5.74, 6) is -1.11. The maximum absolute atomic E-state index is 13.9. The van der Waals surface area contributed by atoms with Crippen LogP contribution in [0.4, 0.5) is 0 Å². The number of aliphatic hydroxyl groups excluding tert-OH is 2. The maximum Gasteiger partial charge on any atom is 0.308 e. The molecule has 308 valence electrons. The fourth-order valence-electron chi connectivity index (χ4n) is 11.2. The highest BCUT2D eigenvalue weighted by Crippen LogP contribution is 2.49. The Kier molecular flexibility index (Phi) is 11.0. The maximum atomic E-state index is 13.9. The van der Waals surface area contributed by atoms with E-state index >= 15 is 0 Å². The van der Waals surface area contributed by atoms with Crippen LogP contribution in [0.5, 0.6) is 0 Å². The molecule has 0 radical (unpaired) electrons. The fourth-order valence-corrected chi connectivity index (χ4v) is 11.2. The van der Waals surface area contributed by atoms with Crippen molar-refractivity contribution < 1.29 is 62.4 Å². The molecule has 9 unspecified atom stereocenters. The van der Waals surface area contributed by atoms with E-state index in [1.165, 1.54) is 0 Å². The number of aliphatic hydroxyl groups is 2. The minimum Gasteiger partial charge on any atom is -0.458 e. The molecule has 14 heteroatoms. The predicted molar refractivity (Wildman–Crippen MR) is 194 cm³/mol. The van der Waals surface area contributed by atoms with Gasteiger partial charge in [-0.3, -0.25) is 4.79 Å². The minimum atomic E-state index is -0.919. The summed E-state index contributed by atoms with van der Waals surface area (Å²) in [6, 6.07) is -0.773. The molecular formula is C41H61NO13. The first-order valence-corrected chi connectivity index (χ1v) is 20.9. The van der Waals surface area contributed by atoms with Crippen LogP contribution in [0.3, 0.4) is 0 Å². The van der Waals surface area contributed by atoms with Crippen LogP contribution in [-0.2, 0) is 52.2 Å². The van der Waals surface area contributed by atoms with Gasteiger partial charge in [0.25, 0.3) is 0 Å². The van der Waals surface area contributed by atoms with E-state index in [1.807, 2.05) is 0 Å². The summed E-state index contributed by atoms with van der Waals surface area (Å²) in [4.78, 5) is 13.9. The van der Waals surface area contributed by atoms with Crippen LogP contribution >= 0.6 is 0 Å². The van der Waals surface area contributed by atoms with Crippen LogP contribution in [-0.4, -0.2) is 145 Å². The lowest BCUT2D eigenvalue weighted by Crippen LogP contribution is -2.67. The molecule has 9 rings (SSSR count). The Balaban J connectivity index is 0.994. The summed E-state index contributed by atoms with van der Waals surface area (Å²) in [6.45, 7) is 10.7. The summed E-state index contributed by atoms with van der Waals surface area (Å²) in [5.41, 5.74) is 8.98. The van der Waals surface area contributed by atoms with Crippen molar-refractivity contribution in [1.82, 2.24) is 0 Å². The minimum absolute atomic E-state index is 0.00649. The van der Waals surface area contributed by atoms with Crippen LogP contribution in [0.1, 0.15) is 90.4 Å². The van der Waals surface area contributed by atoms with E-state index in [0.717, 1.165) is 43.3 Å². The first-order chi connectivity index (χ1) is 26.5. The second-order valence-electron chi connectivity index (χ2n) is 17.9. The molecule has 20 atom stereocenters. The second kappa shape index (κ2) is 15.6. The molecule has 1 spiro atoms. The third-order valence-corrected chi connectivity index (χ3v) is 14.2. The average Bonchev–Trinajstić information content (AvgIpc) is 3.68. The summed E-state index contributed by atoms with van der Waals surface area (Å²) >= 11 is 0. The van der Waals surface area contributed by atoms with Crippen LogP contribution in [0, 0.1) is 5.92 Å². The van der Waals surface area contributed by atoms with Crippen LogP contribution in [0.2, 0.25) is 0 Å². The normalized spacial score (nSPS) is 53.0. The Morgan fingerprint density at radius 2 is 1.51 bits per heavy atom. The van der Waals surface area contributed by atoms with Gasteiger partial charge < -0.3 is 63.3 Å². The molecule has 0 amide bonds. The molecule has 9 aliphatic rings. The highest BCUT2D eigenvalue weighted by Gasteiger charge is 2.60. The van der Waals surface area contributed by atoms with Crippen molar-refractivity contribution in [3.05, 3.63) is 24.3 Å². The van der Waals surface area contributed by atoms with Gasteiger partial charge >= 0.3 is 5.97 Å². The Morgan fingerprint density at radius 1 is 0.764 bits per heavy atom. The van der Waals surface area contributed by atoms with Crippen molar-refractivity contribution in [2.24, 2.45) is 11.7 Å². The molecule has 9 saturated heterocycles. The fraction of sp³-hybridized carbons (Fsp3) is 0.878. The number of fused-ring (bicyclic) bond motifs is 10. The highest BCUT2D eigenvalue weighted by molar-refractivity contribution is 5.70. The van der Waals surface area contributed by atoms with Crippen LogP contribution < -0.4 is 5.73 Å². The molecule has 55 heavy (non-hydrogen) atoms. The number of ether oxygens (including phenoxy) is 10.